The van der Waals surface area contributed by atoms with Gasteiger partial charge in [-0.2, -0.15) is 0 Å². The predicted molar refractivity (Wildman–Crippen MR) is 118 cm³/mol. The zero-order chi connectivity index (χ0) is 20.9. The van der Waals surface area contributed by atoms with Gasteiger partial charge in [0.2, 0.25) is 12.0 Å². The fraction of sp³-hybridized carbons (Fsp3) is 0.409. The number of oxime groups is 1. The second-order valence-corrected chi connectivity index (χ2v) is 9.20. The van der Waals surface area contributed by atoms with Crippen molar-refractivity contribution in [2.24, 2.45) is 5.16 Å². The van der Waals surface area contributed by atoms with E-state index in [1.165, 1.54) is 16.9 Å². The van der Waals surface area contributed by atoms with E-state index in [1.54, 1.807) is 4.90 Å². The van der Waals surface area contributed by atoms with Crippen LogP contribution in [0.4, 0.5) is 0 Å². The standard InChI is InChI=1S/C22H24ClN3O3S/c23-20-10-9-19(30-20)17-15-18(29-24-17)22(28)26-13-11-25(12-14-26)21(27)8-4-7-16-5-2-1-3-6-16/h1-3,5-6,9-10,18H,4,7-8,11-15H2. The van der Waals surface area contributed by atoms with Crippen molar-refractivity contribution in [3.05, 3.63) is 57.2 Å². The Morgan fingerprint density at radius 1 is 1.07 bits per heavy atom. The minimum absolute atomic E-state index is 0.0624. The molecule has 0 bridgehead atoms. The molecule has 2 amide bonds. The van der Waals surface area contributed by atoms with Crippen LogP contribution < -0.4 is 0 Å². The summed E-state index contributed by atoms with van der Waals surface area (Å²) in [6.07, 6.45) is 2.14. The largest absolute Gasteiger partial charge is 0.382 e. The van der Waals surface area contributed by atoms with Gasteiger partial charge in [0, 0.05) is 39.0 Å². The maximum atomic E-state index is 12.8. The third-order valence-corrected chi connectivity index (χ3v) is 6.73. The number of amides is 2. The van der Waals surface area contributed by atoms with Crippen molar-refractivity contribution in [3.63, 3.8) is 0 Å². The van der Waals surface area contributed by atoms with Crippen molar-refractivity contribution in [3.8, 4) is 0 Å². The van der Waals surface area contributed by atoms with Crippen molar-refractivity contribution in [2.45, 2.75) is 31.8 Å². The van der Waals surface area contributed by atoms with Gasteiger partial charge in [0.15, 0.2) is 0 Å². The molecule has 6 nitrogen and oxygen atoms in total. The predicted octanol–water partition coefficient (Wildman–Crippen LogP) is 3.59. The molecule has 1 atom stereocenters. The number of nitrogens with zero attached hydrogens (tertiary/aromatic N) is 3. The SMILES string of the molecule is O=C(CCCc1ccccc1)N1CCN(C(=O)C2CC(c3ccc(Cl)s3)=NO2)CC1. The number of benzene rings is 1. The molecule has 2 aliphatic heterocycles. The lowest BCUT2D eigenvalue weighted by atomic mass is 10.1. The summed E-state index contributed by atoms with van der Waals surface area (Å²) in [5.41, 5.74) is 2.01. The average molecular weight is 446 g/mol. The molecule has 1 aromatic carbocycles. The van der Waals surface area contributed by atoms with E-state index in [9.17, 15) is 9.59 Å². The van der Waals surface area contributed by atoms with E-state index < -0.39 is 6.10 Å². The molecular weight excluding hydrogens is 422 g/mol. The van der Waals surface area contributed by atoms with Crippen molar-refractivity contribution >= 4 is 40.5 Å². The number of thiophene rings is 1. The molecule has 1 saturated heterocycles. The summed E-state index contributed by atoms with van der Waals surface area (Å²) in [7, 11) is 0. The average Bonchev–Trinajstić information content (AvgIpc) is 3.43. The first kappa shape index (κ1) is 20.9. The summed E-state index contributed by atoms with van der Waals surface area (Å²) in [5.74, 6) is 0.0999. The molecule has 0 radical (unpaired) electrons. The van der Waals surface area contributed by atoms with Gasteiger partial charge in [0.25, 0.3) is 5.91 Å². The first-order chi connectivity index (χ1) is 14.6. The van der Waals surface area contributed by atoms with Gasteiger partial charge in [-0.25, -0.2) is 0 Å². The summed E-state index contributed by atoms with van der Waals surface area (Å²) in [4.78, 5) is 35.2. The van der Waals surface area contributed by atoms with Gasteiger partial charge in [-0.15, -0.1) is 11.3 Å². The molecule has 0 N–H and O–H groups in total. The van der Waals surface area contributed by atoms with E-state index in [1.807, 2.05) is 35.2 Å². The smallest absolute Gasteiger partial charge is 0.267 e. The third kappa shape index (κ3) is 5.02. The number of rotatable bonds is 6. The molecule has 2 aliphatic rings. The molecule has 2 aromatic rings. The summed E-state index contributed by atoms with van der Waals surface area (Å²) in [5, 5.41) is 4.07. The molecule has 1 fully saturated rings. The number of piperazine rings is 1. The number of carbonyl (C=O) groups excluding carboxylic acids is 2. The van der Waals surface area contributed by atoms with E-state index in [4.69, 9.17) is 16.4 Å². The van der Waals surface area contributed by atoms with Gasteiger partial charge in [-0.3, -0.25) is 9.59 Å². The van der Waals surface area contributed by atoms with Gasteiger partial charge in [0.05, 0.1) is 9.21 Å². The summed E-state index contributed by atoms with van der Waals surface area (Å²) >= 11 is 7.41. The van der Waals surface area contributed by atoms with E-state index in [-0.39, 0.29) is 11.8 Å². The molecule has 158 valence electrons. The third-order valence-electron chi connectivity index (χ3n) is 5.44. The van der Waals surface area contributed by atoms with Crippen LogP contribution in [-0.2, 0) is 20.8 Å². The maximum Gasteiger partial charge on any atom is 0.267 e. The Morgan fingerprint density at radius 2 is 1.80 bits per heavy atom. The molecule has 3 heterocycles. The van der Waals surface area contributed by atoms with E-state index in [2.05, 4.69) is 17.3 Å². The first-order valence-electron chi connectivity index (χ1n) is 10.2. The van der Waals surface area contributed by atoms with Crippen LogP contribution in [0.15, 0.2) is 47.6 Å². The van der Waals surface area contributed by atoms with Crippen LogP contribution in [-0.4, -0.2) is 59.6 Å². The van der Waals surface area contributed by atoms with Crippen molar-refractivity contribution in [2.75, 3.05) is 26.2 Å². The molecular formula is C22H24ClN3O3S. The van der Waals surface area contributed by atoms with E-state index in [0.717, 1.165) is 23.4 Å². The fourth-order valence-corrected chi connectivity index (χ4v) is 4.78. The lowest BCUT2D eigenvalue weighted by Gasteiger charge is -2.35. The topological polar surface area (TPSA) is 62.2 Å². The molecule has 0 saturated carbocycles. The Bertz CT molecular complexity index is 923. The van der Waals surface area contributed by atoms with Crippen molar-refractivity contribution in [1.82, 2.24) is 9.80 Å². The second kappa shape index (κ2) is 9.62. The van der Waals surface area contributed by atoms with Crippen LogP contribution >= 0.6 is 22.9 Å². The Kier molecular flexibility index (Phi) is 6.69. The molecule has 8 heteroatoms. The van der Waals surface area contributed by atoms with Crippen LogP contribution in [0.25, 0.3) is 0 Å². The van der Waals surface area contributed by atoms with Gasteiger partial charge in [0.1, 0.15) is 5.71 Å². The Balaban J connectivity index is 1.20. The van der Waals surface area contributed by atoms with E-state index >= 15 is 0 Å². The van der Waals surface area contributed by atoms with E-state index in [0.29, 0.717) is 43.4 Å². The van der Waals surface area contributed by atoms with Gasteiger partial charge >= 0.3 is 0 Å². The lowest BCUT2D eigenvalue weighted by molar-refractivity contribution is -0.146. The van der Waals surface area contributed by atoms with Crippen molar-refractivity contribution in [1.29, 1.82) is 0 Å². The van der Waals surface area contributed by atoms with Crippen LogP contribution in [0, 0.1) is 0 Å². The summed E-state index contributed by atoms with van der Waals surface area (Å²) < 4.78 is 0.687. The number of aryl methyl sites for hydroxylation is 1. The summed E-state index contributed by atoms with van der Waals surface area (Å²) in [6, 6.07) is 13.9. The summed E-state index contributed by atoms with van der Waals surface area (Å²) in [6.45, 7) is 2.19. The quantitative estimate of drug-likeness (QED) is 0.682. The van der Waals surface area contributed by atoms with Crippen LogP contribution in [0.1, 0.15) is 29.7 Å². The zero-order valence-corrected chi connectivity index (χ0v) is 18.2. The second-order valence-electron chi connectivity index (χ2n) is 7.49. The van der Waals surface area contributed by atoms with Crippen LogP contribution in [0.2, 0.25) is 4.34 Å². The molecule has 1 aromatic heterocycles. The highest BCUT2D eigenvalue weighted by atomic mass is 35.5. The Morgan fingerprint density at radius 3 is 2.50 bits per heavy atom. The Labute approximate surface area is 185 Å². The molecule has 0 spiro atoms. The molecule has 4 rings (SSSR count). The molecule has 30 heavy (non-hydrogen) atoms. The fourth-order valence-electron chi connectivity index (χ4n) is 3.75. The monoisotopic (exact) mass is 445 g/mol. The van der Waals surface area contributed by atoms with Gasteiger partial charge < -0.3 is 14.6 Å². The van der Waals surface area contributed by atoms with Crippen molar-refractivity contribution < 1.29 is 14.4 Å². The van der Waals surface area contributed by atoms with Crippen LogP contribution in [0.5, 0.6) is 0 Å². The van der Waals surface area contributed by atoms with Gasteiger partial charge in [-0.05, 0) is 30.5 Å². The zero-order valence-electron chi connectivity index (χ0n) is 16.6. The van der Waals surface area contributed by atoms with Crippen LogP contribution in [0.3, 0.4) is 0 Å². The highest BCUT2D eigenvalue weighted by Crippen LogP contribution is 2.27. The number of hydrogen-bond acceptors (Lipinski definition) is 5. The maximum absolute atomic E-state index is 12.8. The lowest BCUT2D eigenvalue weighted by Crippen LogP contribution is -2.52. The minimum Gasteiger partial charge on any atom is -0.382 e. The first-order valence-corrected chi connectivity index (χ1v) is 11.4. The number of halogens is 1. The highest BCUT2D eigenvalue weighted by molar-refractivity contribution is 7.18. The number of hydrogen-bond donors (Lipinski definition) is 0. The molecule has 1 unspecified atom stereocenters. The molecule has 0 aliphatic carbocycles. The minimum atomic E-state index is -0.589. The Hall–Kier alpha value is -2.38. The normalized spacial score (nSPS) is 18.8. The highest BCUT2D eigenvalue weighted by Gasteiger charge is 2.34. The van der Waals surface area contributed by atoms with Gasteiger partial charge in [-0.1, -0.05) is 47.1 Å². The number of carbonyl (C=O) groups is 2.